The minimum atomic E-state index is -1.62. The molecule has 0 aliphatic carbocycles. The van der Waals surface area contributed by atoms with Crippen molar-refractivity contribution in [1.82, 2.24) is 0 Å². The molecule has 0 bridgehead atoms. The zero-order valence-corrected chi connectivity index (χ0v) is 10.9. The predicted octanol–water partition coefficient (Wildman–Crippen LogP) is -4.54. The molecule has 0 amide bonds. The number of carboxylic acid groups (broad SMARTS) is 2. The molecule has 0 aliphatic rings. The number of aliphatic hydroxyl groups is 4. The quantitative estimate of drug-likeness (QED) is 0.199. The summed E-state index contributed by atoms with van der Waals surface area (Å²) in [4.78, 5) is 29.6. The van der Waals surface area contributed by atoms with Gasteiger partial charge in [0.05, 0.1) is 19.1 Å². The van der Waals surface area contributed by atoms with Crippen LogP contribution < -0.4 is 11.5 Å². The second-order valence-electron chi connectivity index (χ2n) is 3.99. The number of carbonyl (C=O) groups is 3. The van der Waals surface area contributed by atoms with Crippen molar-refractivity contribution in [3.8, 4) is 0 Å². The average Bonchev–Trinajstić information content (AvgIpc) is 2.43. The molecule has 0 radical (unpaired) electrons. The van der Waals surface area contributed by atoms with Gasteiger partial charge < -0.3 is 46.9 Å². The van der Waals surface area contributed by atoms with Crippen LogP contribution in [0.4, 0.5) is 0 Å². The standard InChI is InChI=1S/C6H13NO5.C4H7NO4/c7-3(1-8)5(11)6(12)4(10)2-9;5-2(4(8)9)1-3(6)7/h1,3-6,9-12H,2,7H2;2H,1,5H2,(H,6,7)(H,8,9)/t3-,4+,5+,6+;2-/m00/s1. The van der Waals surface area contributed by atoms with Crippen LogP contribution in [0.15, 0.2) is 0 Å². The van der Waals surface area contributed by atoms with Crippen molar-refractivity contribution in [3.63, 3.8) is 0 Å². The van der Waals surface area contributed by atoms with E-state index in [1.165, 1.54) is 0 Å². The Labute approximate surface area is 119 Å². The Morgan fingerprint density at radius 3 is 1.76 bits per heavy atom. The summed E-state index contributed by atoms with van der Waals surface area (Å²) in [6.07, 6.45) is -4.96. The van der Waals surface area contributed by atoms with Crippen molar-refractivity contribution < 1.29 is 45.0 Å². The number of nitrogens with two attached hydrogens (primary N) is 2. The molecule has 0 aromatic rings. The molecule has 0 saturated carbocycles. The van der Waals surface area contributed by atoms with Crippen LogP contribution in [0.25, 0.3) is 0 Å². The fourth-order valence-corrected chi connectivity index (χ4v) is 0.919. The molecule has 11 nitrogen and oxygen atoms in total. The fourth-order valence-electron chi connectivity index (χ4n) is 0.919. The Kier molecular flexibility index (Phi) is 11.4. The number of hydrogen-bond acceptors (Lipinski definition) is 9. The summed E-state index contributed by atoms with van der Waals surface area (Å²) in [5.41, 5.74) is 9.88. The zero-order chi connectivity index (χ0) is 17.2. The third kappa shape index (κ3) is 9.84. The normalized spacial score (nSPS) is 17.4. The molecule has 0 saturated heterocycles. The van der Waals surface area contributed by atoms with Crippen LogP contribution in [0.1, 0.15) is 6.42 Å². The molecule has 0 rings (SSSR count). The predicted molar refractivity (Wildman–Crippen MR) is 67.0 cm³/mol. The van der Waals surface area contributed by atoms with E-state index in [2.05, 4.69) is 0 Å². The highest BCUT2D eigenvalue weighted by Gasteiger charge is 2.28. The molecule has 124 valence electrons. The molecule has 0 unspecified atom stereocenters. The first-order valence-corrected chi connectivity index (χ1v) is 5.64. The monoisotopic (exact) mass is 312 g/mol. The summed E-state index contributed by atoms with van der Waals surface area (Å²) in [5, 5.41) is 51.2. The first-order valence-electron chi connectivity index (χ1n) is 5.64. The SMILES string of the molecule is N[C@@H](C=O)[C@@H](O)[C@H](O)[C@H](O)CO.N[C@@H](CC(=O)O)C(=O)O. The molecule has 0 heterocycles. The topological polar surface area (TPSA) is 225 Å². The lowest BCUT2D eigenvalue weighted by Crippen LogP contribution is -2.49. The third-order valence-electron chi connectivity index (χ3n) is 2.19. The third-order valence-corrected chi connectivity index (χ3v) is 2.19. The van der Waals surface area contributed by atoms with E-state index in [4.69, 9.17) is 42.1 Å². The highest BCUT2D eigenvalue weighted by atomic mass is 16.4. The number of aldehydes is 1. The van der Waals surface area contributed by atoms with Crippen LogP contribution in [0.2, 0.25) is 0 Å². The van der Waals surface area contributed by atoms with E-state index in [0.717, 1.165) is 0 Å². The summed E-state index contributed by atoms with van der Waals surface area (Å²) < 4.78 is 0. The number of carbonyl (C=O) groups excluding carboxylic acids is 1. The van der Waals surface area contributed by atoms with Gasteiger partial charge in [0.1, 0.15) is 30.6 Å². The smallest absolute Gasteiger partial charge is 0.321 e. The lowest BCUT2D eigenvalue weighted by Gasteiger charge is -2.23. The molecule has 11 heteroatoms. The van der Waals surface area contributed by atoms with Gasteiger partial charge in [0.25, 0.3) is 0 Å². The molecule has 0 fully saturated rings. The van der Waals surface area contributed by atoms with Gasteiger partial charge in [0.2, 0.25) is 0 Å². The lowest BCUT2D eigenvalue weighted by molar-refractivity contribution is -0.144. The first-order chi connectivity index (χ1) is 9.58. The van der Waals surface area contributed by atoms with Gasteiger partial charge in [-0.1, -0.05) is 0 Å². The van der Waals surface area contributed by atoms with Crippen LogP contribution in [-0.4, -0.2) is 85.9 Å². The molecule has 10 N–H and O–H groups in total. The van der Waals surface area contributed by atoms with Crippen LogP contribution >= 0.6 is 0 Å². The van der Waals surface area contributed by atoms with Crippen LogP contribution in [0.5, 0.6) is 0 Å². The minimum Gasteiger partial charge on any atom is -0.481 e. The molecular formula is C10H20N2O9. The molecule has 0 aromatic heterocycles. The van der Waals surface area contributed by atoms with Crippen LogP contribution in [0, 0.1) is 0 Å². The van der Waals surface area contributed by atoms with Gasteiger partial charge in [-0.2, -0.15) is 0 Å². The molecular weight excluding hydrogens is 292 g/mol. The maximum atomic E-state index is 10.0. The second kappa shape index (κ2) is 11.1. The van der Waals surface area contributed by atoms with E-state index in [-0.39, 0.29) is 6.29 Å². The summed E-state index contributed by atoms with van der Waals surface area (Å²) in [5.74, 6) is -2.50. The first kappa shape index (κ1) is 21.7. The highest BCUT2D eigenvalue weighted by molar-refractivity contribution is 5.80. The average molecular weight is 312 g/mol. The Hall–Kier alpha value is -1.63. The van der Waals surface area contributed by atoms with Crippen molar-refractivity contribution in [2.75, 3.05) is 6.61 Å². The van der Waals surface area contributed by atoms with Gasteiger partial charge in [-0.25, -0.2) is 0 Å². The van der Waals surface area contributed by atoms with E-state index in [0.29, 0.717) is 0 Å². The van der Waals surface area contributed by atoms with Crippen molar-refractivity contribution in [2.24, 2.45) is 11.5 Å². The van der Waals surface area contributed by atoms with Crippen molar-refractivity contribution in [3.05, 3.63) is 0 Å². The molecule has 5 atom stereocenters. The van der Waals surface area contributed by atoms with E-state index in [1.54, 1.807) is 0 Å². The maximum absolute atomic E-state index is 10.0. The summed E-state index contributed by atoms with van der Waals surface area (Å²) >= 11 is 0. The van der Waals surface area contributed by atoms with E-state index in [1.807, 2.05) is 0 Å². The van der Waals surface area contributed by atoms with Gasteiger partial charge in [-0.3, -0.25) is 9.59 Å². The number of rotatable bonds is 8. The van der Waals surface area contributed by atoms with E-state index in [9.17, 15) is 14.4 Å². The number of aliphatic hydroxyl groups excluding tert-OH is 4. The van der Waals surface area contributed by atoms with Gasteiger partial charge in [-0.15, -0.1) is 0 Å². The van der Waals surface area contributed by atoms with Crippen molar-refractivity contribution >= 4 is 18.2 Å². The Balaban J connectivity index is 0. The zero-order valence-electron chi connectivity index (χ0n) is 10.9. The number of hydrogen-bond donors (Lipinski definition) is 8. The van der Waals surface area contributed by atoms with Crippen LogP contribution in [-0.2, 0) is 14.4 Å². The van der Waals surface area contributed by atoms with E-state index >= 15 is 0 Å². The lowest BCUT2D eigenvalue weighted by atomic mass is 10.0. The molecule has 0 aliphatic heterocycles. The molecule has 0 aromatic carbocycles. The van der Waals surface area contributed by atoms with Crippen molar-refractivity contribution in [1.29, 1.82) is 0 Å². The van der Waals surface area contributed by atoms with Gasteiger partial charge in [0.15, 0.2) is 0 Å². The second-order valence-corrected chi connectivity index (χ2v) is 3.99. The number of aliphatic carboxylic acids is 2. The summed E-state index contributed by atoms with van der Waals surface area (Å²) in [6, 6.07) is -2.55. The molecule has 0 spiro atoms. The Morgan fingerprint density at radius 2 is 1.52 bits per heavy atom. The van der Waals surface area contributed by atoms with Gasteiger partial charge in [0, 0.05) is 0 Å². The summed E-state index contributed by atoms with van der Waals surface area (Å²) in [6.45, 7) is -0.705. The van der Waals surface area contributed by atoms with Gasteiger partial charge in [-0.05, 0) is 0 Å². The Morgan fingerprint density at radius 1 is 1.05 bits per heavy atom. The van der Waals surface area contributed by atoms with Crippen LogP contribution in [0.3, 0.4) is 0 Å². The maximum Gasteiger partial charge on any atom is 0.321 e. The highest BCUT2D eigenvalue weighted by Crippen LogP contribution is 2.01. The summed E-state index contributed by atoms with van der Waals surface area (Å²) in [7, 11) is 0. The van der Waals surface area contributed by atoms with Crippen molar-refractivity contribution in [2.45, 2.75) is 36.8 Å². The Bertz CT molecular complexity index is 338. The minimum absolute atomic E-state index is 0.248. The number of carboxylic acids is 2. The largest absolute Gasteiger partial charge is 0.481 e. The molecule has 21 heavy (non-hydrogen) atoms. The van der Waals surface area contributed by atoms with Gasteiger partial charge >= 0.3 is 11.9 Å². The van der Waals surface area contributed by atoms with E-state index < -0.39 is 55.4 Å². The fraction of sp³-hybridized carbons (Fsp3) is 0.700.